The minimum absolute atomic E-state index is 0.284. The minimum atomic E-state index is -0.284. The Kier molecular flexibility index (Phi) is 3.74. The van der Waals surface area contributed by atoms with Crippen LogP contribution in [0.5, 0.6) is 0 Å². The third kappa shape index (κ3) is 3.24. The molecule has 1 rings (SSSR count). The minimum Gasteiger partial charge on any atom is -0.399 e. The van der Waals surface area contributed by atoms with Crippen molar-refractivity contribution in [2.75, 3.05) is 17.6 Å². The summed E-state index contributed by atoms with van der Waals surface area (Å²) in [5.41, 5.74) is 6.42. The van der Waals surface area contributed by atoms with E-state index in [2.05, 4.69) is 19.2 Å². The van der Waals surface area contributed by atoms with Gasteiger partial charge in [0, 0.05) is 12.2 Å². The fraction of sp³-hybridized carbons (Fsp3) is 0.455. The molecule has 0 aliphatic carbocycles. The molecule has 0 spiro atoms. The zero-order valence-electron chi connectivity index (χ0n) is 8.68. The maximum absolute atomic E-state index is 13.2. The Morgan fingerprint density at radius 3 is 2.71 bits per heavy atom. The zero-order chi connectivity index (χ0) is 10.6. The molecule has 0 unspecified atom stereocenters. The molecule has 0 bridgehead atoms. The highest BCUT2D eigenvalue weighted by Gasteiger charge is 2.01. The highest BCUT2D eigenvalue weighted by molar-refractivity contribution is 5.52. The zero-order valence-corrected chi connectivity index (χ0v) is 8.68. The molecule has 3 heteroatoms. The number of nitrogens with two attached hydrogens (primary N) is 1. The Morgan fingerprint density at radius 1 is 1.43 bits per heavy atom. The van der Waals surface area contributed by atoms with Crippen LogP contribution >= 0.6 is 0 Å². The Hall–Kier alpha value is -1.25. The first-order valence-corrected chi connectivity index (χ1v) is 4.88. The van der Waals surface area contributed by atoms with Crippen LogP contribution in [0.4, 0.5) is 15.8 Å². The van der Waals surface area contributed by atoms with Crippen molar-refractivity contribution in [3.63, 3.8) is 0 Å². The maximum Gasteiger partial charge on any atom is 0.148 e. The van der Waals surface area contributed by atoms with E-state index in [1.807, 2.05) is 0 Å². The van der Waals surface area contributed by atoms with Crippen molar-refractivity contribution in [2.24, 2.45) is 5.92 Å². The predicted molar refractivity (Wildman–Crippen MR) is 58.8 cm³/mol. The lowest BCUT2D eigenvalue weighted by Gasteiger charge is -2.09. The number of anilines is 2. The third-order valence-corrected chi connectivity index (χ3v) is 2.03. The standard InChI is InChI=1S/C11H17FN2/c1-8(2)5-6-14-11-4-3-9(13)7-10(11)12/h3-4,7-8,14H,5-6,13H2,1-2H3. The van der Waals surface area contributed by atoms with Gasteiger partial charge in [-0.05, 0) is 30.5 Å². The van der Waals surface area contributed by atoms with Gasteiger partial charge in [-0.1, -0.05) is 13.8 Å². The molecule has 1 aromatic carbocycles. The van der Waals surface area contributed by atoms with Crippen LogP contribution in [0.25, 0.3) is 0 Å². The Labute approximate surface area is 84.3 Å². The summed E-state index contributed by atoms with van der Waals surface area (Å²) in [7, 11) is 0. The molecular weight excluding hydrogens is 179 g/mol. The summed E-state index contributed by atoms with van der Waals surface area (Å²) in [5, 5.41) is 3.04. The lowest BCUT2D eigenvalue weighted by atomic mass is 10.1. The van der Waals surface area contributed by atoms with Gasteiger partial charge in [-0.3, -0.25) is 0 Å². The van der Waals surface area contributed by atoms with Crippen molar-refractivity contribution in [1.29, 1.82) is 0 Å². The van der Waals surface area contributed by atoms with Crippen molar-refractivity contribution in [1.82, 2.24) is 0 Å². The largest absolute Gasteiger partial charge is 0.399 e. The summed E-state index contributed by atoms with van der Waals surface area (Å²) in [6.07, 6.45) is 1.03. The van der Waals surface area contributed by atoms with Crippen molar-refractivity contribution in [3.8, 4) is 0 Å². The summed E-state index contributed by atoms with van der Waals surface area (Å²) in [6, 6.07) is 4.70. The summed E-state index contributed by atoms with van der Waals surface area (Å²) >= 11 is 0. The number of benzene rings is 1. The van der Waals surface area contributed by atoms with Gasteiger partial charge in [-0.25, -0.2) is 4.39 Å². The fourth-order valence-electron chi connectivity index (χ4n) is 1.17. The summed E-state index contributed by atoms with van der Waals surface area (Å²) in [5.74, 6) is 0.341. The topological polar surface area (TPSA) is 38.0 Å². The molecule has 0 fully saturated rings. The lowest BCUT2D eigenvalue weighted by molar-refractivity contribution is 0.600. The van der Waals surface area contributed by atoms with E-state index in [1.54, 1.807) is 12.1 Å². The van der Waals surface area contributed by atoms with Gasteiger partial charge >= 0.3 is 0 Å². The van der Waals surface area contributed by atoms with Crippen molar-refractivity contribution >= 4 is 11.4 Å². The van der Waals surface area contributed by atoms with Crippen LogP contribution in [-0.4, -0.2) is 6.54 Å². The van der Waals surface area contributed by atoms with E-state index < -0.39 is 0 Å². The number of hydrogen-bond donors (Lipinski definition) is 2. The first-order valence-electron chi connectivity index (χ1n) is 4.88. The molecule has 3 N–H and O–H groups in total. The molecule has 0 aliphatic heterocycles. The molecule has 0 amide bonds. The number of hydrogen-bond acceptors (Lipinski definition) is 2. The molecule has 1 aromatic rings. The van der Waals surface area contributed by atoms with Crippen LogP contribution in [0.2, 0.25) is 0 Å². The molecule has 14 heavy (non-hydrogen) atoms. The Morgan fingerprint density at radius 2 is 2.14 bits per heavy atom. The van der Waals surface area contributed by atoms with E-state index in [0.29, 0.717) is 17.3 Å². The van der Waals surface area contributed by atoms with E-state index in [0.717, 1.165) is 13.0 Å². The molecule has 78 valence electrons. The van der Waals surface area contributed by atoms with Crippen molar-refractivity contribution in [3.05, 3.63) is 24.0 Å². The van der Waals surface area contributed by atoms with Crippen LogP contribution in [-0.2, 0) is 0 Å². The average molecular weight is 196 g/mol. The predicted octanol–water partition coefficient (Wildman–Crippen LogP) is 2.87. The third-order valence-electron chi connectivity index (χ3n) is 2.03. The van der Waals surface area contributed by atoms with Gasteiger partial charge in [0.25, 0.3) is 0 Å². The number of nitrogen functional groups attached to an aromatic ring is 1. The normalized spacial score (nSPS) is 10.6. The van der Waals surface area contributed by atoms with E-state index >= 15 is 0 Å². The summed E-state index contributed by atoms with van der Waals surface area (Å²) in [4.78, 5) is 0. The van der Waals surface area contributed by atoms with Crippen molar-refractivity contribution < 1.29 is 4.39 Å². The molecule has 0 radical (unpaired) electrons. The highest BCUT2D eigenvalue weighted by Crippen LogP contribution is 2.16. The number of rotatable bonds is 4. The maximum atomic E-state index is 13.2. The Balaban J connectivity index is 2.51. The number of nitrogens with one attached hydrogen (secondary N) is 1. The van der Waals surface area contributed by atoms with Gasteiger partial charge in [0.15, 0.2) is 0 Å². The molecule has 0 aromatic heterocycles. The van der Waals surface area contributed by atoms with E-state index in [1.165, 1.54) is 6.07 Å². The second-order valence-corrected chi connectivity index (χ2v) is 3.85. The van der Waals surface area contributed by atoms with Gasteiger partial charge < -0.3 is 11.1 Å². The van der Waals surface area contributed by atoms with Gasteiger partial charge in [0.05, 0.1) is 5.69 Å². The van der Waals surface area contributed by atoms with Crippen LogP contribution < -0.4 is 11.1 Å². The molecule has 0 atom stereocenters. The smallest absolute Gasteiger partial charge is 0.148 e. The summed E-state index contributed by atoms with van der Waals surface area (Å²) in [6.45, 7) is 5.07. The van der Waals surface area contributed by atoms with Gasteiger partial charge in [-0.2, -0.15) is 0 Å². The molecule has 2 nitrogen and oxygen atoms in total. The van der Waals surface area contributed by atoms with Crippen LogP contribution in [0.1, 0.15) is 20.3 Å². The molecule has 0 saturated heterocycles. The second kappa shape index (κ2) is 4.84. The van der Waals surface area contributed by atoms with Crippen LogP contribution in [0, 0.1) is 11.7 Å². The van der Waals surface area contributed by atoms with Gasteiger partial charge in [0.2, 0.25) is 0 Å². The molecule has 0 heterocycles. The summed E-state index contributed by atoms with van der Waals surface area (Å²) < 4.78 is 13.2. The average Bonchev–Trinajstić information content (AvgIpc) is 2.08. The SMILES string of the molecule is CC(C)CCNc1ccc(N)cc1F. The molecule has 0 saturated carbocycles. The van der Waals surface area contributed by atoms with E-state index in [4.69, 9.17) is 5.73 Å². The molecule has 0 aliphatic rings. The van der Waals surface area contributed by atoms with Gasteiger partial charge in [-0.15, -0.1) is 0 Å². The highest BCUT2D eigenvalue weighted by atomic mass is 19.1. The van der Waals surface area contributed by atoms with Crippen LogP contribution in [0.3, 0.4) is 0 Å². The number of halogens is 1. The molecular formula is C11H17FN2. The van der Waals surface area contributed by atoms with Crippen LogP contribution in [0.15, 0.2) is 18.2 Å². The lowest BCUT2D eigenvalue weighted by Crippen LogP contribution is -2.06. The fourth-order valence-corrected chi connectivity index (χ4v) is 1.17. The second-order valence-electron chi connectivity index (χ2n) is 3.85. The first kappa shape index (κ1) is 10.8. The Bertz CT molecular complexity index is 297. The first-order chi connectivity index (χ1) is 6.59. The van der Waals surface area contributed by atoms with Gasteiger partial charge in [0.1, 0.15) is 5.82 Å². The van der Waals surface area contributed by atoms with Crippen molar-refractivity contribution in [2.45, 2.75) is 20.3 Å². The van der Waals surface area contributed by atoms with E-state index in [-0.39, 0.29) is 5.82 Å². The monoisotopic (exact) mass is 196 g/mol. The van der Waals surface area contributed by atoms with E-state index in [9.17, 15) is 4.39 Å². The quantitative estimate of drug-likeness (QED) is 0.727.